The zero-order valence-electron chi connectivity index (χ0n) is 11.2. The Morgan fingerprint density at radius 3 is 2.79 bits per heavy atom. The third-order valence-electron chi connectivity index (χ3n) is 4.12. The lowest BCUT2D eigenvalue weighted by atomic mass is 9.89. The molecule has 102 valence electrons. The van der Waals surface area contributed by atoms with Crippen LogP contribution >= 0.6 is 0 Å². The Bertz CT molecular complexity index is 492. The van der Waals surface area contributed by atoms with Crippen molar-refractivity contribution >= 4 is 5.91 Å². The SMILES string of the molecule is CC1(CNC(=O)c2ccc3c(c2)OCO3)CCCC1. The molecule has 0 saturated heterocycles. The number of hydrogen-bond donors (Lipinski definition) is 1. The zero-order chi connectivity index (χ0) is 13.3. The van der Waals surface area contributed by atoms with Crippen molar-refractivity contribution in [3.8, 4) is 11.5 Å². The molecule has 3 rings (SSSR count). The lowest BCUT2D eigenvalue weighted by molar-refractivity contribution is 0.0934. The van der Waals surface area contributed by atoms with Gasteiger partial charge in [0.2, 0.25) is 6.79 Å². The average Bonchev–Trinajstić information content (AvgIpc) is 3.04. The third kappa shape index (κ3) is 2.53. The molecule has 1 aliphatic heterocycles. The number of carbonyl (C=O) groups excluding carboxylic acids is 1. The molecule has 0 radical (unpaired) electrons. The standard InChI is InChI=1S/C15H19NO3/c1-15(6-2-3-7-15)9-16-14(17)11-4-5-12-13(8-11)19-10-18-12/h4-5,8H,2-3,6-7,9-10H2,1H3,(H,16,17). The number of nitrogens with one attached hydrogen (secondary N) is 1. The summed E-state index contributed by atoms with van der Waals surface area (Å²) in [4.78, 5) is 12.1. The normalized spacial score (nSPS) is 19.4. The fourth-order valence-electron chi connectivity index (χ4n) is 2.84. The van der Waals surface area contributed by atoms with Crippen molar-refractivity contribution in [2.24, 2.45) is 5.41 Å². The van der Waals surface area contributed by atoms with Crippen molar-refractivity contribution in [2.45, 2.75) is 32.6 Å². The number of fused-ring (bicyclic) bond motifs is 1. The molecule has 1 heterocycles. The molecule has 1 N–H and O–H groups in total. The van der Waals surface area contributed by atoms with E-state index in [0.29, 0.717) is 17.1 Å². The molecule has 0 atom stereocenters. The van der Waals surface area contributed by atoms with Crippen molar-refractivity contribution in [1.29, 1.82) is 0 Å². The van der Waals surface area contributed by atoms with Crippen LogP contribution in [0.1, 0.15) is 43.0 Å². The van der Waals surface area contributed by atoms with E-state index in [4.69, 9.17) is 9.47 Å². The van der Waals surface area contributed by atoms with E-state index >= 15 is 0 Å². The predicted octanol–water partition coefficient (Wildman–Crippen LogP) is 2.73. The van der Waals surface area contributed by atoms with E-state index in [2.05, 4.69) is 12.2 Å². The zero-order valence-corrected chi connectivity index (χ0v) is 11.2. The molecule has 1 amide bonds. The van der Waals surface area contributed by atoms with E-state index in [-0.39, 0.29) is 18.1 Å². The molecule has 4 nitrogen and oxygen atoms in total. The van der Waals surface area contributed by atoms with E-state index < -0.39 is 0 Å². The van der Waals surface area contributed by atoms with Crippen LogP contribution in [0.15, 0.2) is 18.2 Å². The molecule has 1 fully saturated rings. The summed E-state index contributed by atoms with van der Waals surface area (Å²) >= 11 is 0. The lowest BCUT2D eigenvalue weighted by Crippen LogP contribution is -2.34. The first-order valence-corrected chi connectivity index (χ1v) is 6.84. The van der Waals surface area contributed by atoms with Crippen LogP contribution < -0.4 is 14.8 Å². The minimum absolute atomic E-state index is 0.0357. The Morgan fingerprint density at radius 2 is 2.00 bits per heavy atom. The fourth-order valence-corrected chi connectivity index (χ4v) is 2.84. The van der Waals surface area contributed by atoms with Crippen LogP contribution in [0, 0.1) is 5.41 Å². The van der Waals surface area contributed by atoms with Crippen LogP contribution in [0.5, 0.6) is 11.5 Å². The lowest BCUT2D eigenvalue weighted by Gasteiger charge is -2.23. The average molecular weight is 261 g/mol. The van der Waals surface area contributed by atoms with Crippen molar-refractivity contribution in [3.63, 3.8) is 0 Å². The molecule has 19 heavy (non-hydrogen) atoms. The first-order valence-electron chi connectivity index (χ1n) is 6.84. The third-order valence-corrected chi connectivity index (χ3v) is 4.12. The second-order valence-electron chi connectivity index (χ2n) is 5.77. The van der Waals surface area contributed by atoms with Gasteiger partial charge in [-0.1, -0.05) is 19.8 Å². The van der Waals surface area contributed by atoms with Gasteiger partial charge in [0.15, 0.2) is 11.5 Å². The van der Waals surface area contributed by atoms with E-state index in [1.165, 1.54) is 25.7 Å². The summed E-state index contributed by atoms with van der Waals surface area (Å²) in [6.45, 7) is 3.23. The van der Waals surface area contributed by atoms with Crippen LogP contribution in [-0.2, 0) is 0 Å². The minimum Gasteiger partial charge on any atom is -0.454 e. The quantitative estimate of drug-likeness (QED) is 0.910. The Hall–Kier alpha value is -1.71. The number of benzene rings is 1. The molecule has 0 unspecified atom stereocenters. The molecule has 0 bridgehead atoms. The van der Waals surface area contributed by atoms with Crippen molar-refractivity contribution < 1.29 is 14.3 Å². The van der Waals surface area contributed by atoms with Crippen LogP contribution in [0.3, 0.4) is 0 Å². The van der Waals surface area contributed by atoms with E-state index in [1.54, 1.807) is 18.2 Å². The van der Waals surface area contributed by atoms with Gasteiger partial charge in [0, 0.05) is 12.1 Å². The second-order valence-corrected chi connectivity index (χ2v) is 5.77. The summed E-state index contributed by atoms with van der Waals surface area (Å²) in [6, 6.07) is 5.31. The van der Waals surface area contributed by atoms with E-state index in [1.807, 2.05) is 0 Å². The maximum absolute atomic E-state index is 12.1. The highest BCUT2D eigenvalue weighted by atomic mass is 16.7. The Morgan fingerprint density at radius 1 is 1.26 bits per heavy atom. The first kappa shape index (κ1) is 12.3. The number of ether oxygens (including phenoxy) is 2. The summed E-state index contributed by atoms with van der Waals surface area (Å²) in [7, 11) is 0. The van der Waals surface area contributed by atoms with Gasteiger partial charge in [0.05, 0.1) is 0 Å². The number of amides is 1. The largest absolute Gasteiger partial charge is 0.454 e. The molecule has 0 spiro atoms. The smallest absolute Gasteiger partial charge is 0.251 e. The molecular formula is C15H19NO3. The summed E-state index contributed by atoms with van der Waals surface area (Å²) in [6.07, 6.45) is 4.95. The summed E-state index contributed by atoms with van der Waals surface area (Å²) in [5.74, 6) is 1.32. The van der Waals surface area contributed by atoms with Crippen molar-refractivity contribution in [2.75, 3.05) is 13.3 Å². The van der Waals surface area contributed by atoms with Crippen molar-refractivity contribution in [3.05, 3.63) is 23.8 Å². The molecule has 0 aromatic heterocycles. The highest BCUT2D eigenvalue weighted by Crippen LogP contribution is 2.37. The van der Waals surface area contributed by atoms with Crippen LogP contribution in [0.25, 0.3) is 0 Å². The molecule has 1 aromatic carbocycles. The van der Waals surface area contributed by atoms with Gasteiger partial charge in [-0.2, -0.15) is 0 Å². The Labute approximate surface area is 113 Å². The highest BCUT2D eigenvalue weighted by Gasteiger charge is 2.29. The van der Waals surface area contributed by atoms with E-state index in [9.17, 15) is 4.79 Å². The monoisotopic (exact) mass is 261 g/mol. The van der Waals surface area contributed by atoms with Gasteiger partial charge in [-0.25, -0.2) is 0 Å². The van der Waals surface area contributed by atoms with Gasteiger partial charge in [0.1, 0.15) is 0 Å². The summed E-state index contributed by atoms with van der Waals surface area (Å²) in [5, 5.41) is 3.04. The van der Waals surface area contributed by atoms with Gasteiger partial charge in [-0.3, -0.25) is 4.79 Å². The highest BCUT2D eigenvalue weighted by molar-refractivity contribution is 5.94. The van der Waals surface area contributed by atoms with Gasteiger partial charge in [0.25, 0.3) is 5.91 Å². The first-order chi connectivity index (χ1) is 9.16. The maximum Gasteiger partial charge on any atom is 0.251 e. The number of hydrogen-bond acceptors (Lipinski definition) is 3. The number of rotatable bonds is 3. The van der Waals surface area contributed by atoms with Gasteiger partial charge >= 0.3 is 0 Å². The van der Waals surface area contributed by atoms with Crippen LogP contribution in [-0.4, -0.2) is 19.2 Å². The van der Waals surface area contributed by atoms with Crippen LogP contribution in [0.4, 0.5) is 0 Å². The van der Waals surface area contributed by atoms with Gasteiger partial charge < -0.3 is 14.8 Å². The second kappa shape index (κ2) is 4.76. The summed E-state index contributed by atoms with van der Waals surface area (Å²) < 4.78 is 10.5. The summed E-state index contributed by atoms with van der Waals surface area (Å²) in [5.41, 5.74) is 0.900. The minimum atomic E-state index is -0.0357. The molecule has 1 aromatic rings. The molecular weight excluding hydrogens is 242 g/mol. The molecule has 2 aliphatic rings. The molecule has 4 heteroatoms. The van der Waals surface area contributed by atoms with Gasteiger partial charge in [-0.15, -0.1) is 0 Å². The maximum atomic E-state index is 12.1. The fraction of sp³-hybridized carbons (Fsp3) is 0.533. The Kier molecular flexibility index (Phi) is 3.09. The molecule has 1 aliphatic carbocycles. The van der Waals surface area contributed by atoms with Gasteiger partial charge in [-0.05, 0) is 36.5 Å². The molecule has 1 saturated carbocycles. The van der Waals surface area contributed by atoms with Crippen LogP contribution in [0.2, 0.25) is 0 Å². The number of carbonyl (C=O) groups is 1. The topological polar surface area (TPSA) is 47.6 Å². The predicted molar refractivity (Wildman–Crippen MR) is 71.5 cm³/mol. The Balaban J connectivity index is 1.64. The van der Waals surface area contributed by atoms with Crippen molar-refractivity contribution in [1.82, 2.24) is 5.32 Å². The van der Waals surface area contributed by atoms with E-state index in [0.717, 1.165) is 6.54 Å².